The van der Waals surface area contributed by atoms with E-state index in [4.69, 9.17) is 4.52 Å². The van der Waals surface area contributed by atoms with Gasteiger partial charge in [-0.25, -0.2) is 4.39 Å². The Morgan fingerprint density at radius 3 is 3.00 bits per heavy atom. The summed E-state index contributed by atoms with van der Waals surface area (Å²) in [6.07, 6.45) is 0.791. The van der Waals surface area contributed by atoms with Gasteiger partial charge in [0.25, 0.3) is 0 Å². The van der Waals surface area contributed by atoms with Crippen LogP contribution >= 0.6 is 0 Å². The molecule has 0 saturated carbocycles. The molecular weight excluding hydrogens is 347 g/mol. The van der Waals surface area contributed by atoms with Crippen molar-refractivity contribution in [2.24, 2.45) is 0 Å². The number of H-pyrrole nitrogens is 1. The predicted octanol–water partition coefficient (Wildman–Crippen LogP) is 3.39. The fourth-order valence-electron chi connectivity index (χ4n) is 3.44. The van der Waals surface area contributed by atoms with Crippen molar-refractivity contribution in [1.29, 1.82) is 0 Å². The summed E-state index contributed by atoms with van der Waals surface area (Å²) in [5, 5.41) is 18.2. The van der Waals surface area contributed by atoms with Crippen LogP contribution in [0, 0.1) is 5.82 Å². The molecule has 0 radical (unpaired) electrons. The molecule has 8 heteroatoms. The summed E-state index contributed by atoms with van der Waals surface area (Å²) in [7, 11) is 0. The molecule has 0 aliphatic carbocycles. The molecule has 3 heterocycles. The SMILES string of the molecule is Fc1cccc(Nc2noc3c2CN(Cc2ccc4n[nH]nc4c2)CC3)c1. The van der Waals surface area contributed by atoms with Gasteiger partial charge in [0.15, 0.2) is 5.82 Å². The Balaban J connectivity index is 1.34. The largest absolute Gasteiger partial charge is 0.359 e. The van der Waals surface area contributed by atoms with Crippen LogP contribution in [0.25, 0.3) is 11.0 Å². The molecule has 0 atom stereocenters. The number of hydrogen-bond acceptors (Lipinski definition) is 6. The van der Waals surface area contributed by atoms with Crippen LogP contribution in [0.5, 0.6) is 0 Å². The zero-order valence-corrected chi connectivity index (χ0v) is 14.4. The molecule has 0 spiro atoms. The number of nitrogens with one attached hydrogen (secondary N) is 2. The molecule has 0 amide bonds. The standard InChI is InChI=1S/C19H17FN6O/c20-13-2-1-3-14(9-13)21-19-15-11-26(7-6-18(15)27-24-19)10-12-4-5-16-17(8-12)23-25-22-16/h1-5,8-9H,6-7,10-11H2,(H,21,24)(H,22,23,25). The number of aromatic nitrogens is 4. The normalized spacial score (nSPS) is 14.4. The lowest BCUT2D eigenvalue weighted by Crippen LogP contribution is -2.29. The van der Waals surface area contributed by atoms with Crippen molar-refractivity contribution in [3.05, 3.63) is 65.2 Å². The lowest BCUT2D eigenvalue weighted by molar-refractivity contribution is 0.229. The zero-order chi connectivity index (χ0) is 18.2. The first kappa shape index (κ1) is 16.0. The number of benzene rings is 2. The number of hydrogen-bond donors (Lipinski definition) is 2. The maximum Gasteiger partial charge on any atom is 0.178 e. The third kappa shape index (κ3) is 3.15. The number of anilines is 2. The Labute approximate surface area is 154 Å². The van der Waals surface area contributed by atoms with Gasteiger partial charge in [-0.15, -0.1) is 0 Å². The Kier molecular flexibility index (Phi) is 3.83. The summed E-state index contributed by atoms with van der Waals surface area (Å²) in [4.78, 5) is 2.33. The molecule has 0 saturated heterocycles. The fourth-order valence-corrected chi connectivity index (χ4v) is 3.44. The predicted molar refractivity (Wildman–Crippen MR) is 97.9 cm³/mol. The van der Waals surface area contributed by atoms with Crippen molar-refractivity contribution in [2.45, 2.75) is 19.5 Å². The van der Waals surface area contributed by atoms with Gasteiger partial charge < -0.3 is 9.84 Å². The topological polar surface area (TPSA) is 82.9 Å². The highest BCUT2D eigenvalue weighted by molar-refractivity contribution is 5.74. The first-order valence-electron chi connectivity index (χ1n) is 8.76. The third-order valence-corrected chi connectivity index (χ3v) is 4.78. The molecule has 7 nitrogen and oxygen atoms in total. The highest BCUT2D eigenvalue weighted by Crippen LogP contribution is 2.29. The van der Waals surface area contributed by atoms with Crippen LogP contribution in [0.2, 0.25) is 0 Å². The third-order valence-electron chi connectivity index (χ3n) is 4.78. The Bertz CT molecular complexity index is 1100. The van der Waals surface area contributed by atoms with Crippen molar-refractivity contribution < 1.29 is 8.91 Å². The van der Waals surface area contributed by atoms with E-state index in [1.807, 2.05) is 12.1 Å². The molecule has 27 heavy (non-hydrogen) atoms. The number of nitrogens with zero attached hydrogens (tertiary/aromatic N) is 4. The van der Waals surface area contributed by atoms with Crippen molar-refractivity contribution in [3.63, 3.8) is 0 Å². The average molecular weight is 364 g/mol. The van der Waals surface area contributed by atoms with Gasteiger partial charge >= 0.3 is 0 Å². The van der Waals surface area contributed by atoms with Crippen molar-refractivity contribution in [2.75, 3.05) is 11.9 Å². The monoisotopic (exact) mass is 364 g/mol. The summed E-state index contributed by atoms with van der Waals surface area (Å²) in [5.41, 5.74) is 4.58. The minimum absolute atomic E-state index is 0.290. The van der Waals surface area contributed by atoms with E-state index in [1.165, 1.54) is 17.7 Å². The van der Waals surface area contributed by atoms with E-state index in [0.717, 1.165) is 41.9 Å². The molecule has 1 aliphatic heterocycles. The van der Waals surface area contributed by atoms with Gasteiger partial charge in [-0.3, -0.25) is 4.90 Å². The van der Waals surface area contributed by atoms with Gasteiger partial charge in [0.05, 0.1) is 5.56 Å². The van der Waals surface area contributed by atoms with Crippen molar-refractivity contribution >= 4 is 22.5 Å². The van der Waals surface area contributed by atoms with E-state index < -0.39 is 0 Å². The number of rotatable bonds is 4. The second kappa shape index (κ2) is 6.48. The van der Waals surface area contributed by atoms with Gasteiger partial charge in [0, 0.05) is 31.7 Å². The second-order valence-electron chi connectivity index (χ2n) is 6.68. The van der Waals surface area contributed by atoms with Crippen LogP contribution in [-0.4, -0.2) is 32.0 Å². The van der Waals surface area contributed by atoms with Crippen LogP contribution in [0.3, 0.4) is 0 Å². The molecule has 5 rings (SSSR count). The maximum absolute atomic E-state index is 13.4. The molecule has 2 aromatic heterocycles. The van der Waals surface area contributed by atoms with Crippen LogP contribution in [0.15, 0.2) is 47.0 Å². The minimum Gasteiger partial charge on any atom is -0.359 e. The summed E-state index contributed by atoms with van der Waals surface area (Å²) >= 11 is 0. The summed E-state index contributed by atoms with van der Waals surface area (Å²) in [6, 6.07) is 12.4. The number of halogens is 1. The van der Waals surface area contributed by atoms with Gasteiger partial charge in [0.2, 0.25) is 0 Å². The van der Waals surface area contributed by atoms with Gasteiger partial charge in [-0.1, -0.05) is 17.3 Å². The molecule has 0 fully saturated rings. The number of fused-ring (bicyclic) bond motifs is 2. The van der Waals surface area contributed by atoms with Gasteiger partial charge in [0.1, 0.15) is 22.6 Å². The summed E-state index contributed by atoms with van der Waals surface area (Å²) in [5.74, 6) is 1.24. The summed E-state index contributed by atoms with van der Waals surface area (Å²) in [6.45, 7) is 2.40. The smallest absolute Gasteiger partial charge is 0.178 e. The highest BCUT2D eigenvalue weighted by Gasteiger charge is 2.24. The molecule has 2 aromatic carbocycles. The lowest BCUT2D eigenvalue weighted by atomic mass is 10.1. The van der Waals surface area contributed by atoms with Crippen LogP contribution in [0.4, 0.5) is 15.9 Å². The highest BCUT2D eigenvalue weighted by atomic mass is 19.1. The molecule has 1 aliphatic rings. The quantitative estimate of drug-likeness (QED) is 0.578. The average Bonchev–Trinajstić information content (AvgIpc) is 3.28. The van der Waals surface area contributed by atoms with Crippen LogP contribution in [0.1, 0.15) is 16.9 Å². The van der Waals surface area contributed by atoms with Crippen LogP contribution < -0.4 is 5.32 Å². The Morgan fingerprint density at radius 1 is 1.15 bits per heavy atom. The molecule has 0 bridgehead atoms. The first-order chi connectivity index (χ1) is 13.2. The molecule has 136 valence electrons. The lowest BCUT2D eigenvalue weighted by Gasteiger charge is -2.26. The maximum atomic E-state index is 13.4. The van der Waals surface area contributed by atoms with Crippen LogP contribution in [-0.2, 0) is 19.5 Å². The molecule has 0 unspecified atom stereocenters. The molecule has 4 aromatic rings. The van der Waals surface area contributed by atoms with E-state index in [9.17, 15) is 4.39 Å². The van der Waals surface area contributed by atoms with Crippen molar-refractivity contribution in [3.8, 4) is 0 Å². The molecular formula is C19H17FN6O. The fraction of sp³-hybridized carbons (Fsp3) is 0.211. The Morgan fingerprint density at radius 2 is 2.07 bits per heavy atom. The first-order valence-corrected chi connectivity index (χ1v) is 8.76. The van der Waals surface area contributed by atoms with E-state index in [-0.39, 0.29) is 5.82 Å². The van der Waals surface area contributed by atoms with E-state index in [2.05, 4.69) is 36.9 Å². The van der Waals surface area contributed by atoms with E-state index >= 15 is 0 Å². The Hall–Kier alpha value is -3.26. The van der Waals surface area contributed by atoms with E-state index in [0.29, 0.717) is 18.1 Å². The number of aromatic amines is 1. The minimum atomic E-state index is -0.290. The van der Waals surface area contributed by atoms with Gasteiger partial charge in [-0.2, -0.15) is 15.4 Å². The summed E-state index contributed by atoms with van der Waals surface area (Å²) < 4.78 is 18.9. The van der Waals surface area contributed by atoms with Gasteiger partial charge in [-0.05, 0) is 35.9 Å². The zero-order valence-electron chi connectivity index (χ0n) is 14.4. The van der Waals surface area contributed by atoms with E-state index in [1.54, 1.807) is 12.1 Å². The molecule has 2 N–H and O–H groups in total. The van der Waals surface area contributed by atoms with Crippen molar-refractivity contribution in [1.82, 2.24) is 25.5 Å². The second-order valence-corrected chi connectivity index (χ2v) is 6.68.